The van der Waals surface area contributed by atoms with Crippen molar-refractivity contribution in [1.29, 1.82) is 0 Å². The average molecular weight is 361 g/mol. The minimum Gasteiger partial charge on any atom is -0.507 e. The average Bonchev–Trinajstić information content (AvgIpc) is 2.58. The maximum Gasteiger partial charge on any atom is 0.124 e. The summed E-state index contributed by atoms with van der Waals surface area (Å²) < 4.78 is 0. The number of phenolic OH excluding ortho intramolecular Hbond substituents is 2. The second kappa shape index (κ2) is 7.75. The Hall–Kier alpha value is -1.26. The zero-order valence-corrected chi connectivity index (χ0v) is 15.9. The van der Waals surface area contributed by atoms with E-state index in [0.29, 0.717) is 11.5 Å². The van der Waals surface area contributed by atoms with Gasteiger partial charge in [0.2, 0.25) is 0 Å². The molecule has 128 valence electrons. The van der Waals surface area contributed by atoms with Crippen molar-refractivity contribution in [2.45, 2.75) is 38.2 Å². The molecular weight excluding hydrogens is 336 g/mol. The Balaban J connectivity index is 1.91. The molecule has 4 bridgehead atoms. The minimum absolute atomic E-state index is 0.344. The SMILES string of the molecule is Cc1c(O)c(C)c2c(O)c1CSCCc1cccc(c1)CCSC2. The van der Waals surface area contributed by atoms with Crippen molar-refractivity contribution in [2.75, 3.05) is 11.5 Å². The van der Waals surface area contributed by atoms with Crippen molar-refractivity contribution in [3.63, 3.8) is 0 Å². The van der Waals surface area contributed by atoms with E-state index < -0.39 is 0 Å². The molecule has 0 aliphatic carbocycles. The smallest absolute Gasteiger partial charge is 0.124 e. The van der Waals surface area contributed by atoms with Crippen LogP contribution >= 0.6 is 23.5 Å². The molecule has 0 atom stereocenters. The third-order valence-electron chi connectivity index (χ3n) is 4.74. The standard InChI is InChI=1S/C20H24O2S2/c1-13-17-11-23-8-6-15-4-3-5-16(10-15)7-9-24-12-18(20(17)22)14(2)19(13)21/h3-5,10,21-22H,6-9,11-12H2,1-2H3. The number of aryl methyl sites for hydroxylation is 2. The van der Waals surface area contributed by atoms with E-state index in [1.54, 1.807) is 0 Å². The van der Waals surface area contributed by atoms with Crippen LogP contribution in [0.2, 0.25) is 0 Å². The first-order valence-electron chi connectivity index (χ1n) is 8.34. The Bertz CT molecular complexity index is 686. The van der Waals surface area contributed by atoms with Crippen molar-refractivity contribution in [3.05, 3.63) is 57.6 Å². The molecule has 0 aromatic heterocycles. The molecule has 1 heterocycles. The van der Waals surface area contributed by atoms with Gasteiger partial charge in [-0.15, -0.1) is 0 Å². The van der Waals surface area contributed by atoms with Crippen LogP contribution in [0.15, 0.2) is 24.3 Å². The van der Waals surface area contributed by atoms with Crippen LogP contribution in [0, 0.1) is 13.8 Å². The highest BCUT2D eigenvalue weighted by Gasteiger charge is 2.19. The highest BCUT2D eigenvalue weighted by molar-refractivity contribution is 7.98. The number of phenols is 2. The lowest BCUT2D eigenvalue weighted by atomic mass is 9.98. The minimum atomic E-state index is 0.344. The number of hydrogen-bond donors (Lipinski definition) is 2. The maximum absolute atomic E-state index is 10.7. The Morgan fingerprint density at radius 1 is 0.792 bits per heavy atom. The Morgan fingerprint density at radius 3 is 1.79 bits per heavy atom. The van der Waals surface area contributed by atoms with Gasteiger partial charge in [-0.05, 0) is 60.4 Å². The van der Waals surface area contributed by atoms with E-state index in [2.05, 4.69) is 24.3 Å². The van der Waals surface area contributed by atoms with E-state index in [-0.39, 0.29) is 0 Å². The molecule has 2 aromatic carbocycles. The molecule has 2 aromatic rings. The molecular formula is C20H24O2S2. The van der Waals surface area contributed by atoms with Gasteiger partial charge < -0.3 is 10.2 Å². The van der Waals surface area contributed by atoms with Gasteiger partial charge in [-0.1, -0.05) is 24.3 Å². The van der Waals surface area contributed by atoms with Crippen LogP contribution < -0.4 is 0 Å². The van der Waals surface area contributed by atoms with Crippen molar-refractivity contribution < 1.29 is 10.2 Å². The van der Waals surface area contributed by atoms with Crippen molar-refractivity contribution in [3.8, 4) is 11.5 Å². The lowest BCUT2D eigenvalue weighted by Crippen LogP contribution is -2.00. The molecule has 2 nitrogen and oxygen atoms in total. The summed E-state index contributed by atoms with van der Waals surface area (Å²) in [6, 6.07) is 8.88. The molecule has 4 heteroatoms. The number of rotatable bonds is 0. The quantitative estimate of drug-likeness (QED) is 0.650. The van der Waals surface area contributed by atoms with Gasteiger partial charge in [0.05, 0.1) is 0 Å². The molecule has 0 saturated carbocycles. The predicted molar refractivity (Wildman–Crippen MR) is 105 cm³/mol. The first-order valence-corrected chi connectivity index (χ1v) is 10.6. The Morgan fingerprint density at radius 2 is 1.29 bits per heavy atom. The lowest BCUT2D eigenvalue weighted by Gasteiger charge is -2.18. The van der Waals surface area contributed by atoms with E-state index >= 15 is 0 Å². The van der Waals surface area contributed by atoms with E-state index in [0.717, 1.165) is 58.1 Å². The summed E-state index contributed by atoms with van der Waals surface area (Å²) in [6.45, 7) is 3.81. The first kappa shape index (κ1) is 17.6. The van der Waals surface area contributed by atoms with Gasteiger partial charge in [0, 0.05) is 22.6 Å². The number of fused-ring (bicyclic) bond motifs is 4. The number of benzene rings is 2. The third kappa shape index (κ3) is 3.70. The number of hydrogen-bond acceptors (Lipinski definition) is 4. The second-order valence-electron chi connectivity index (χ2n) is 6.33. The van der Waals surface area contributed by atoms with Gasteiger partial charge in [0.25, 0.3) is 0 Å². The first-order chi connectivity index (χ1) is 11.6. The summed E-state index contributed by atoms with van der Waals surface area (Å²) in [7, 11) is 0. The van der Waals surface area contributed by atoms with E-state index in [1.807, 2.05) is 37.4 Å². The van der Waals surface area contributed by atoms with Crippen molar-refractivity contribution in [2.24, 2.45) is 0 Å². The van der Waals surface area contributed by atoms with Crippen LogP contribution in [0.5, 0.6) is 11.5 Å². The largest absolute Gasteiger partial charge is 0.507 e. The number of aromatic hydroxyl groups is 2. The van der Waals surface area contributed by atoms with Crippen LogP contribution in [0.3, 0.4) is 0 Å². The number of thioether (sulfide) groups is 2. The molecule has 0 fully saturated rings. The molecule has 3 rings (SSSR count). The van der Waals surface area contributed by atoms with Gasteiger partial charge in [0.1, 0.15) is 11.5 Å². The van der Waals surface area contributed by atoms with Crippen LogP contribution in [0.25, 0.3) is 0 Å². The van der Waals surface area contributed by atoms with Crippen LogP contribution in [-0.2, 0) is 24.3 Å². The molecule has 2 N–H and O–H groups in total. The molecule has 0 unspecified atom stereocenters. The molecule has 0 amide bonds. The Kier molecular flexibility index (Phi) is 5.67. The fraction of sp³-hybridized carbons (Fsp3) is 0.400. The highest BCUT2D eigenvalue weighted by Crippen LogP contribution is 2.40. The Labute approximate surface area is 152 Å². The molecule has 1 aliphatic heterocycles. The van der Waals surface area contributed by atoms with Gasteiger partial charge in [-0.3, -0.25) is 0 Å². The highest BCUT2D eigenvalue weighted by atomic mass is 32.2. The summed E-state index contributed by atoms with van der Waals surface area (Å²) in [6.07, 6.45) is 2.08. The van der Waals surface area contributed by atoms with Gasteiger partial charge in [0.15, 0.2) is 0 Å². The van der Waals surface area contributed by atoms with Crippen molar-refractivity contribution >= 4 is 23.5 Å². The fourth-order valence-corrected chi connectivity index (χ4v) is 5.29. The zero-order chi connectivity index (χ0) is 17.1. The topological polar surface area (TPSA) is 40.5 Å². The van der Waals surface area contributed by atoms with Gasteiger partial charge in [-0.25, -0.2) is 0 Å². The van der Waals surface area contributed by atoms with Gasteiger partial charge >= 0.3 is 0 Å². The summed E-state index contributed by atoms with van der Waals surface area (Å²) in [4.78, 5) is 0. The monoisotopic (exact) mass is 360 g/mol. The maximum atomic E-state index is 10.7. The third-order valence-corrected chi connectivity index (χ3v) is 6.71. The summed E-state index contributed by atoms with van der Waals surface area (Å²) in [5.41, 5.74) is 6.19. The fourth-order valence-electron chi connectivity index (χ4n) is 3.13. The molecule has 0 radical (unpaired) electrons. The summed E-state index contributed by atoms with van der Waals surface area (Å²) in [5, 5.41) is 21.2. The predicted octanol–water partition coefficient (Wildman–Crippen LogP) is 4.98. The van der Waals surface area contributed by atoms with Crippen LogP contribution in [0.1, 0.15) is 33.4 Å². The molecule has 24 heavy (non-hydrogen) atoms. The van der Waals surface area contributed by atoms with Crippen molar-refractivity contribution in [1.82, 2.24) is 0 Å². The summed E-state index contributed by atoms with van der Waals surface area (Å²) in [5.74, 6) is 4.24. The molecule has 0 spiro atoms. The normalized spacial score (nSPS) is 15.8. The zero-order valence-electron chi connectivity index (χ0n) is 14.3. The van der Waals surface area contributed by atoms with Gasteiger partial charge in [-0.2, -0.15) is 23.5 Å². The molecule has 0 saturated heterocycles. The lowest BCUT2D eigenvalue weighted by molar-refractivity contribution is 0.445. The second-order valence-corrected chi connectivity index (χ2v) is 8.54. The molecule has 1 aliphatic rings. The van der Waals surface area contributed by atoms with E-state index in [4.69, 9.17) is 0 Å². The summed E-state index contributed by atoms with van der Waals surface area (Å²) >= 11 is 3.63. The van der Waals surface area contributed by atoms with E-state index in [1.165, 1.54) is 11.1 Å². The van der Waals surface area contributed by atoms with Crippen LogP contribution in [-0.4, -0.2) is 21.7 Å². The van der Waals surface area contributed by atoms with E-state index in [9.17, 15) is 10.2 Å². The van der Waals surface area contributed by atoms with Crippen LogP contribution in [0.4, 0.5) is 0 Å².